The summed E-state index contributed by atoms with van der Waals surface area (Å²) in [5, 5.41) is 13.1. The molecule has 7 aliphatic carbocycles. The first-order chi connectivity index (χ1) is 29.9. The predicted molar refractivity (Wildman–Crippen MR) is 252 cm³/mol. The maximum absolute atomic E-state index is 14.1. The molecule has 2 heterocycles. The Balaban J connectivity index is 0.844. The van der Waals surface area contributed by atoms with Crippen LogP contribution in [0.2, 0.25) is 0 Å². The lowest BCUT2D eigenvalue weighted by Crippen LogP contribution is -2.68. The van der Waals surface area contributed by atoms with Crippen LogP contribution in [-0.2, 0) is 25.7 Å². The number of aliphatic hydroxyl groups is 1. The summed E-state index contributed by atoms with van der Waals surface area (Å²) in [7, 11) is 0. The molecule has 9 aliphatic rings. The van der Waals surface area contributed by atoms with Gasteiger partial charge in [0, 0.05) is 54.6 Å². The van der Waals surface area contributed by atoms with E-state index in [0.29, 0.717) is 41.5 Å². The molecule has 14 atom stereocenters. The van der Waals surface area contributed by atoms with Crippen LogP contribution in [0.25, 0.3) is 0 Å². The highest BCUT2D eigenvalue weighted by molar-refractivity contribution is 7.99. The molecule has 7 nitrogen and oxygen atoms in total. The molecule has 7 saturated carbocycles. The Labute approximate surface area is 385 Å². The van der Waals surface area contributed by atoms with Crippen LogP contribution in [0.4, 0.5) is 0 Å². The normalized spacial score (nSPS) is 45.4. The second-order valence-electron chi connectivity index (χ2n) is 25.6. The maximum Gasteiger partial charge on any atom is 0.309 e. The standard InChI is InChI=1S/C55H84N2O5S/c1-49(2)40(46(58)61-35-36-13-10-9-11-14-36)33-41(49)47(59)62-44-20-21-52(6)42(50(44,3)4)19-22-54(8)43(52)17-16-39-45-38(51(5)24-25-51)18-23-55(45,27-26-53(39,54)7)48(60)57-28-12-15-37(57)34-56-29-31-63-32-30-56/h9-11,13-14,37-45,48,60H,12,15-35H2,1-8H3/t37-,38+,39+,40-,41+,42?,43?,44-,45?,48?,52-,53+,54+,55-/m0/s1. The summed E-state index contributed by atoms with van der Waals surface area (Å²) < 4.78 is 12.4. The fraction of sp³-hybridized carbons (Fsp3) is 0.855. The molecule has 2 aliphatic heterocycles. The second-order valence-corrected chi connectivity index (χ2v) is 26.8. The van der Waals surface area contributed by atoms with Crippen LogP contribution in [0.15, 0.2) is 30.3 Å². The van der Waals surface area contributed by atoms with Crippen molar-refractivity contribution in [2.24, 2.45) is 79.3 Å². The Morgan fingerprint density at radius 2 is 1.46 bits per heavy atom. The maximum atomic E-state index is 14.1. The lowest BCUT2D eigenvalue weighted by molar-refractivity contribution is -0.265. The van der Waals surface area contributed by atoms with Gasteiger partial charge in [-0.3, -0.25) is 14.5 Å². The zero-order valence-corrected chi connectivity index (χ0v) is 41.4. The quantitative estimate of drug-likeness (QED) is 0.233. The molecule has 350 valence electrons. The summed E-state index contributed by atoms with van der Waals surface area (Å²) in [6, 6.07) is 10.3. The average molecular weight is 885 g/mol. The molecule has 4 unspecified atom stereocenters. The van der Waals surface area contributed by atoms with Gasteiger partial charge in [-0.25, -0.2) is 0 Å². The molecule has 63 heavy (non-hydrogen) atoms. The number of aliphatic hydroxyl groups excluding tert-OH is 1. The van der Waals surface area contributed by atoms with Gasteiger partial charge in [-0.2, -0.15) is 11.8 Å². The molecule has 0 spiro atoms. The van der Waals surface area contributed by atoms with Crippen molar-refractivity contribution in [3.8, 4) is 0 Å². The van der Waals surface area contributed by atoms with Gasteiger partial charge < -0.3 is 19.5 Å². The molecule has 0 aromatic heterocycles. The number of carbonyl (C=O) groups is 2. The fourth-order valence-corrected chi connectivity index (χ4v) is 19.2. The Morgan fingerprint density at radius 1 is 0.730 bits per heavy atom. The van der Waals surface area contributed by atoms with E-state index >= 15 is 0 Å². The van der Waals surface area contributed by atoms with Crippen molar-refractivity contribution in [3.63, 3.8) is 0 Å². The highest BCUT2D eigenvalue weighted by Crippen LogP contribution is 2.79. The number of nitrogens with zero attached hydrogens (tertiary/aromatic N) is 2. The van der Waals surface area contributed by atoms with E-state index in [1.165, 1.54) is 102 Å². The molecule has 10 rings (SSSR count). The molecule has 0 bridgehead atoms. The number of esters is 2. The van der Waals surface area contributed by atoms with Crippen molar-refractivity contribution >= 4 is 23.7 Å². The van der Waals surface area contributed by atoms with Crippen LogP contribution in [0.3, 0.4) is 0 Å². The zero-order chi connectivity index (χ0) is 44.4. The van der Waals surface area contributed by atoms with Crippen LogP contribution in [-0.4, -0.2) is 82.9 Å². The number of hydrogen-bond donors (Lipinski definition) is 1. The van der Waals surface area contributed by atoms with Crippen LogP contribution >= 0.6 is 11.8 Å². The Kier molecular flexibility index (Phi) is 11.5. The van der Waals surface area contributed by atoms with Crippen molar-refractivity contribution in [1.82, 2.24) is 9.80 Å². The molecule has 8 heteroatoms. The van der Waals surface area contributed by atoms with Gasteiger partial charge in [0.25, 0.3) is 0 Å². The molecule has 9 fully saturated rings. The number of fused-ring (bicyclic) bond motifs is 7. The van der Waals surface area contributed by atoms with Crippen molar-refractivity contribution in [1.29, 1.82) is 0 Å². The van der Waals surface area contributed by atoms with E-state index in [2.05, 4.69) is 63.1 Å². The minimum Gasteiger partial charge on any atom is -0.462 e. The average Bonchev–Trinajstić information content (AvgIpc) is 3.62. The van der Waals surface area contributed by atoms with E-state index in [1.54, 1.807) is 0 Å². The molecule has 0 radical (unpaired) electrons. The van der Waals surface area contributed by atoms with Crippen LogP contribution in [0.1, 0.15) is 157 Å². The van der Waals surface area contributed by atoms with E-state index in [1.807, 2.05) is 44.2 Å². The topological polar surface area (TPSA) is 79.3 Å². The third-order valence-corrected chi connectivity index (χ3v) is 23.5. The molecule has 2 saturated heterocycles. The highest BCUT2D eigenvalue weighted by atomic mass is 32.2. The first-order valence-corrected chi connectivity index (χ1v) is 27.2. The minimum absolute atomic E-state index is 0.0203. The highest BCUT2D eigenvalue weighted by Gasteiger charge is 2.74. The molecular weight excluding hydrogens is 801 g/mol. The Morgan fingerprint density at radius 3 is 2.17 bits per heavy atom. The monoisotopic (exact) mass is 885 g/mol. The lowest BCUT2D eigenvalue weighted by atomic mass is 9.32. The summed E-state index contributed by atoms with van der Waals surface area (Å²) >= 11 is 2.10. The Bertz CT molecular complexity index is 1880. The van der Waals surface area contributed by atoms with Crippen LogP contribution < -0.4 is 0 Å². The fourth-order valence-electron chi connectivity index (χ4n) is 18.2. The van der Waals surface area contributed by atoms with Crippen LogP contribution in [0.5, 0.6) is 0 Å². The third kappa shape index (κ3) is 7.01. The molecule has 1 aromatic rings. The molecule has 1 N–H and O–H groups in total. The number of likely N-dealkylation sites (tertiary alicyclic amines) is 1. The second kappa shape index (κ2) is 16.0. The van der Waals surface area contributed by atoms with Gasteiger partial charge >= 0.3 is 11.9 Å². The largest absolute Gasteiger partial charge is 0.462 e. The molecule has 1 aromatic carbocycles. The lowest BCUT2D eigenvalue weighted by Gasteiger charge is -2.73. The van der Waals surface area contributed by atoms with Crippen molar-refractivity contribution < 1.29 is 24.2 Å². The smallest absolute Gasteiger partial charge is 0.309 e. The number of hydrogen-bond acceptors (Lipinski definition) is 8. The zero-order valence-electron chi connectivity index (χ0n) is 40.6. The summed E-state index contributed by atoms with van der Waals surface area (Å²) in [6.45, 7) is 24.6. The predicted octanol–water partition coefficient (Wildman–Crippen LogP) is 11.0. The number of rotatable bonds is 10. The van der Waals surface area contributed by atoms with Crippen molar-refractivity contribution in [2.45, 2.75) is 177 Å². The Hall–Kier alpha value is -1.61. The number of carbonyl (C=O) groups excluding carboxylic acids is 2. The van der Waals surface area contributed by atoms with Crippen molar-refractivity contribution in [2.75, 3.05) is 37.7 Å². The minimum atomic E-state index is -0.496. The van der Waals surface area contributed by atoms with Gasteiger partial charge in [0.1, 0.15) is 18.9 Å². The van der Waals surface area contributed by atoms with E-state index in [0.717, 1.165) is 37.4 Å². The van der Waals surface area contributed by atoms with Gasteiger partial charge in [0.15, 0.2) is 0 Å². The summed E-state index contributed by atoms with van der Waals surface area (Å²) in [4.78, 5) is 32.7. The van der Waals surface area contributed by atoms with Gasteiger partial charge in [0.2, 0.25) is 0 Å². The molecular formula is C55H84N2O5S. The van der Waals surface area contributed by atoms with E-state index < -0.39 is 5.41 Å². The summed E-state index contributed by atoms with van der Waals surface area (Å²) in [5.41, 5.74) is 1.52. The van der Waals surface area contributed by atoms with Gasteiger partial charge in [-0.05, 0) is 159 Å². The van der Waals surface area contributed by atoms with Gasteiger partial charge in [0.05, 0.1) is 11.8 Å². The number of benzene rings is 1. The van der Waals surface area contributed by atoms with Crippen LogP contribution in [0, 0.1) is 79.3 Å². The number of thioether (sulfide) groups is 1. The SMILES string of the molecule is CC1([C@@H]2CC[C@]3(C(O)N4CCC[C@H]4CN4CCSCC4)CC[C@]4(C)[C@H](CCC5[C@@]6(C)CC[C@H](OC(=O)[C@H]7C[C@@H](C(=O)OCc8ccccc8)C7(C)C)C(C)(C)C6CC[C@]54C)C23)CC1. The van der Waals surface area contributed by atoms with E-state index in [-0.39, 0.29) is 69.8 Å². The summed E-state index contributed by atoms with van der Waals surface area (Å²) in [5.74, 6) is 4.76. The number of ether oxygens (including phenoxy) is 2. The van der Waals surface area contributed by atoms with Gasteiger partial charge in [-0.15, -0.1) is 0 Å². The van der Waals surface area contributed by atoms with Crippen molar-refractivity contribution in [3.05, 3.63) is 35.9 Å². The third-order valence-electron chi connectivity index (χ3n) is 22.5. The first kappa shape index (κ1) is 45.2. The first-order valence-electron chi connectivity index (χ1n) is 26.0. The van der Waals surface area contributed by atoms with Gasteiger partial charge in [-0.1, -0.05) is 85.7 Å². The van der Waals surface area contributed by atoms with E-state index in [4.69, 9.17) is 9.47 Å². The summed E-state index contributed by atoms with van der Waals surface area (Å²) in [6.07, 6.45) is 17.4. The van der Waals surface area contributed by atoms with E-state index in [9.17, 15) is 14.7 Å². The molecule has 0 amide bonds.